The summed E-state index contributed by atoms with van der Waals surface area (Å²) in [6.07, 6.45) is 8.80. The van der Waals surface area contributed by atoms with Gasteiger partial charge in [0, 0.05) is 5.69 Å². The van der Waals surface area contributed by atoms with Crippen LogP contribution in [-0.2, 0) is 0 Å². The number of para-hydroxylation sites is 1. The number of fused-ring (bicyclic) bond motifs is 1. The highest BCUT2D eigenvalue weighted by Gasteiger charge is 2.18. The third-order valence-electron chi connectivity index (χ3n) is 2.85. The molecule has 1 aromatic rings. The van der Waals surface area contributed by atoms with Gasteiger partial charge in [-0.3, -0.25) is 0 Å². The van der Waals surface area contributed by atoms with E-state index in [0.29, 0.717) is 6.04 Å². The summed E-state index contributed by atoms with van der Waals surface area (Å²) < 4.78 is 0. The summed E-state index contributed by atoms with van der Waals surface area (Å²) in [6.45, 7) is 6.13. The van der Waals surface area contributed by atoms with Crippen molar-refractivity contribution in [3.05, 3.63) is 48.7 Å². The van der Waals surface area contributed by atoms with Crippen LogP contribution in [0.3, 0.4) is 0 Å². The quantitative estimate of drug-likeness (QED) is 0.715. The van der Waals surface area contributed by atoms with Crippen LogP contribution in [0.4, 0.5) is 5.69 Å². The number of nitrogens with zero attached hydrogens (tertiary/aromatic N) is 1. The van der Waals surface area contributed by atoms with Gasteiger partial charge in [-0.05, 0) is 24.3 Å². The normalized spacial score (nSPS) is 18.7. The lowest BCUT2D eigenvalue weighted by Crippen LogP contribution is -2.30. The van der Waals surface area contributed by atoms with Gasteiger partial charge in [0.05, 0.1) is 6.04 Å². The first kappa shape index (κ1) is 10.0. The smallest absolute Gasteiger partial charge is 0.0519 e. The van der Waals surface area contributed by atoms with Crippen molar-refractivity contribution < 1.29 is 0 Å². The molecule has 0 fully saturated rings. The topological polar surface area (TPSA) is 3.24 Å². The molecule has 1 atom stereocenters. The van der Waals surface area contributed by atoms with E-state index in [1.165, 1.54) is 24.1 Å². The Balaban J connectivity index is 2.37. The second-order valence-corrected chi connectivity index (χ2v) is 3.86. The average Bonchev–Trinajstić information content (AvgIpc) is 2.29. The van der Waals surface area contributed by atoms with Crippen molar-refractivity contribution in [2.45, 2.75) is 25.8 Å². The Morgan fingerprint density at radius 3 is 2.93 bits per heavy atom. The summed E-state index contributed by atoms with van der Waals surface area (Å²) >= 11 is 0. The number of rotatable bonds is 3. The Morgan fingerprint density at radius 1 is 1.40 bits per heavy atom. The van der Waals surface area contributed by atoms with Crippen LogP contribution in [0, 0.1) is 0 Å². The fraction of sp³-hybridized carbons (Fsp3) is 0.286. The predicted octanol–water partition coefficient (Wildman–Crippen LogP) is 3.83. The van der Waals surface area contributed by atoms with Gasteiger partial charge in [-0.2, -0.15) is 0 Å². The Hall–Kier alpha value is -1.50. The minimum absolute atomic E-state index is 0.474. The van der Waals surface area contributed by atoms with Crippen LogP contribution < -0.4 is 4.90 Å². The minimum atomic E-state index is 0.474. The van der Waals surface area contributed by atoms with E-state index >= 15 is 0 Å². The Bertz CT molecular complexity index is 379. The molecule has 0 spiro atoms. The molecule has 1 heteroatoms. The van der Waals surface area contributed by atoms with Crippen LogP contribution in [0.5, 0.6) is 0 Å². The molecular weight excluding hydrogens is 182 g/mol. The van der Waals surface area contributed by atoms with Crippen LogP contribution in [0.25, 0.3) is 6.08 Å². The molecule has 2 rings (SSSR count). The van der Waals surface area contributed by atoms with Crippen LogP contribution in [0.2, 0.25) is 0 Å². The largest absolute Gasteiger partial charge is 0.341 e. The van der Waals surface area contributed by atoms with Crippen molar-refractivity contribution in [2.75, 3.05) is 4.90 Å². The lowest BCUT2D eigenvalue weighted by Gasteiger charge is -2.32. The number of benzene rings is 1. The Labute approximate surface area is 91.7 Å². The monoisotopic (exact) mass is 199 g/mol. The molecule has 15 heavy (non-hydrogen) atoms. The van der Waals surface area contributed by atoms with Crippen LogP contribution in [-0.4, -0.2) is 6.04 Å². The molecule has 0 aliphatic carbocycles. The molecule has 1 aliphatic heterocycles. The molecule has 1 aromatic carbocycles. The SMILES string of the molecule is C=CN1c2ccccc2C=CC1CCC. The number of hydrogen-bond acceptors (Lipinski definition) is 1. The summed E-state index contributed by atoms with van der Waals surface area (Å²) in [5.74, 6) is 0. The fourth-order valence-electron chi connectivity index (χ4n) is 2.11. The molecule has 0 bridgehead atoms. The Morgan fingerprint density at radius 2 is 2.20 bits per heavy atom. The van der Waals surface area contributed by atoms with Gasteiger partial charge in [0.25, 0.3) is 0 Å². The first-order valence-corrected chi connectivity index (χ1v) is 5.55. The fourth-order valence-corrected chi connectivity index (χ4v) is 2.11. The Kier molecular flexibility index (Phi) is 2.91. The van der Waals surface area contributed by atoms with Crippen LogP contribution in [0.15, 0.2) is 43.1 Å². The highest BCUT2D eigenvalue weighted by Crippen LogP contribution is 2.30. The van der Waals surface area contributed by atoms with Gasteiger partial charge in [-0.15, -0.1) is 0 Å². The average molecular weight is 199 g/mol. The molecule has 0 saturated heterocycles. The van der Waals surface area contributed by atoms with Crippen molar-refractivity contribution in [2.24, 2.45) is 0 Å². The van der Waals surface area contributed by atoms with E-state index in [9.17, 15) is 0 Å². The maximum atomic E-state index is 3.91. The zero-order valence-corrected chi connectivity index (χ0v) is 9.19. The second kappa shape index (κ2) is 4.35. The van der Waals surface area contributed by atoms with Crippen molar-refractivity contribution in [3.63, 3.8) is 0 Å². The maximum Gasteiger partial charge on any atom is 0.0519 e. The van der Waals surface area contributed by atoms with E-state index in [1.807, 2.05) is 6.20 Å². The zero-order chi connectivity index (χ0) is 10.7. The molecular formula is C14H17N. The molecule has 0 aromatic heterocycles. The van der Waals surface area contributed by atoms with Gasteiger partial charge < -0.3 is 4.90 Å². The highest BCUT2D eigenvalue weighted by molar-refractivity contribution is 5.73. The van der Waals surface area contributed by atoms with Crippen molar-refractivity contribution >= 4 is 11.8 Å². The summed E-state index contributed by atoms with van der Waals surface area (Å²) in [5.41, 5.74) is 2.55. The van der Waals surface area contributed by atoms with Gasteiger partial charge in [0.1, 0.15) is 0 Å². The van der Waals surface area contributed by atoms with E-state index in [2.05, 4.69) is 54.8 Å². The molecule has 0 amide bonds. The van der Waals surface area contributed by atoms with Crippen molar-refractivity contribution in [1.29, 1.82) is 0 Å². The summed E-state index contributed by atoms with van der Waals surface area (Å²) in [5, 5.41) is 0. The molecule has 1 heterocycles. The molecule has 0 N–H and O–H groups in total. The lowest BCUT2D eigenvalue weighted by atomic mass is 10.0. The maximum absolute atomic E-state index is 3.91. The van der Waals surface area contributed by atoms with Crippen LogP contribution >= 0.6 is 0 Å². The van der Waals surface area contributed by atoms with Crippen LogP contribution in [0.1, 0.15) is 25.3 Å². The van der Waals surface area contributed by atoms with Gasteiger partial charge in [0.2, 0.25) is 0 Å². The lowest BCUT2D eigenvalue weighted by molar-refractivity contribution is 0.678. The van der Waals surface area contributed by atoms with E-state index in [0.717, 1.165) is 0 Å². The first-order chi connectivity index (χ1) is 7.36. The third kappa shape index (κ3) is 1.82. The number of anilines is 1. The molecule has 78 valence electrons. The van der Waals surface area contributed by atoms with E-state index in [-0.39, 0.29) is 0 Å². The second-order valence-electron chi connectivity index (χ2n) is 3.86. The minimum Gasteiger partial charge on any atom is -0.341 e. The van der Waals surface area contributed by atoms with Crippen molar-refractivity contribution in [1.82, 2.24) is 0 Å². The summed E-state index contributed by atoms with van der Waals surface area (Å²) in [4.78, 5) is 2.26. The highest BCUT2D eigenvalue weighted by atomic mass is 15.1. The van der Waals surface area contributed by atoms with E-state index in [4.69, 9.17) is 0 Å². The molecule has 0 radical (unpaired) electrons. The first-order valence-electron chi connectivity index (χ1n) is 5.55. The third-order valence-corrected chi connectivity index (χ3v) is 2.85. The van der Waals surface area contributed by atoms with Gasteiger partial charge >= 0.3 is 0 Å². The number of hydrogen-bond donors (Lipinski definition) is 0. The predicted molar refractivity (Wildman–Crippen MR) is 66.8 cm³/mol. The van der Waals surface area contributed by atoms with Gasteiger partial charge in [-0.1, -0.05) is 50.3 Å². The molecule has 1 aliphatic rings. The van der Waals surface area contributed by atoms with Crippen molar-refractivity contribution in [3.8, 4) is 0 Å². The standard InChI is InChI=1S/C14H17N/c1-3-7-13-11-10-12-8-5-6-9-14(12)15(13)4-2/h4-6,8-11,13H,2-3,7H2,1H3. The summed E-state index contributed by atoms with van der Waals surface area (Å²) in [6, 6.07) is 8.93. The zero-order valence-electron chi connectivity index (χ0n) is 9.19. The molecule has 1 nitrogen and oxygen atoms in total. The van der Waals surface area contributed by atoms with Gasteiger partial charge in [-0.25, -0.2) is 0 Å². The molecule has 1 unspecified atom stereocenters. The van der Waals surface area contributed by atoms with Gasteiger partial charge in [0.15, 0.2) is 0 Å². The summed E-state index contributed by atoms with van der Waals surface area (Å²) in [7, 11) is 0. The molecule has 0 saturated carbocycles. The van der Waals surface area contributed by atoms with E-state index < -0.39 is 0 Å². The van der Waals surface area contributed by atoms with E-state index in [1.54, 1.807) is 0 Å².